The fourth-order valence-electron chi connectivity index (χ4n) is 0.865. The maximum absolute atomic E-state index is 10.5. The van der Waals surface area contributed by atoms with Gasteiger partial charge in [-0.1, -0.05) is 6.92 Å². The number of nitrogens with one attached hydrogen (secondary N) is 1. The van der Waals surface area contributed by atoms with Gasteiger partial charge in [-0.05, 0) is 20.3 Å². The molecule has 2 N–H and O–H groups in total. The molecule has 0 unspecified atom stereocenters. The number of carbonyl (C=O) groups is 1. The molecule has 64 valence electrons. The normalized spacial score (nSPS) is 12.3. The standard InChI is InChI=1S/C8H15NO2/c1-4-7(9-5-2)6(3)8(10)11/h9H,4-5H2,1-3H3,(H,10,11)/b7-6+. The van der Waals surface area contributed by atoms with Crippen LogP contribution in [0.1, 0.15) is 27.2 Å². The third-order valence-corrected chi connectivity index (χ3v) is 1.52. The van der Waals surface area contributed by atoms with Gasteiger partial charge in [0.05, 0.1) is 5.57 Å². The molecular formula is C8H15NO2. The van der Waals surface area contributed by atoms with Gasteiger partial charge in [0.1, 0.15) is 0 Å². The molecule has 0 aromatic heterocycles. The third-order valence-electron chi connectivity index (χ3n) is 1.52. The average Bonchev–Trinajstić information content (AvgIpc) is 1.98. The molecule has 3 heteroatoms. The van der Waals surface area contributed by atoms with Gasteiger partial charge in [-0.3, -0.25) is 0 Å². The van der Waals surface area contributed by atoms with Gasteiger partial charge in [-0.2, -0.15) is 0 Å². The minimum absolute atomic E-state index is 0.411. The summed E-state index contributed by atoms with van der Waals surface area (Å²) in [7, 11) is 0. The van der Waals surface area contributed by atoms with Crippen LogP contribution in [0.25, 0.3) is 0 Å². The lowest BCUT2D eigenvalue weighted by molar-refractivity contribution is -0.132. The van der Waals surface area contributed by atoms with Crippen LogP contribution in [0.2, 0.25) is 0 Å². The molecule has 0 amide bonds. The van der Waals surface area contributed by atoms with Gasteiger partial charge >= 0.3 is 5.97 Å². The number of aliphatic carboxylic acids is 1. The van der Waals surface area contributed by atoms with Gasteiger partial charge in [0, 0.05) is 12.2 Å². The zero-order chi connectivity index (χ0) is 8.85. The lowest BCUT2D eigenvalue weighted by atomic mass is 10.2. The van der Waals surface area contributed by atoms with E-state index in [0.29, 0.717) is 5.57 Å². The minimum Gasteiger partial charge on any atom is -0.478 e. The van der Waals surface area contributed by atoms with Crippen LogP contribution in [0, 0.1) is 0 Å². The Labute approximate surface area is 67.1 Å². The molecule has 0 aliphatic heterocycles. The molecule has 0 saturated carbocycles. The first-order valence-corrected chi connectivity index (χ1v) is 3.80. The van der Waals surface area contributed by atoms with Gasteiger partial charge in [0.25, 0.3) is 0 Å². The van der Waals surface area contributed by atoms with E-state index in [2.05, 4.69) is 5.32 Å². The first kappa shape index (κ1) is 10.0. The maximum Gasteiger partial charge on any atom is 0.333 e. The van der Waals surface area contributed by atoms with E-state index in [1.807, 2.05) is 13.8 Å². The second-order valence-electron chi connectivity index (χ2n) is 2.29. The highest BCUT2D eigenvalue weighted by atomic mass is 16.4. The van der Waals surface area contributed by atoms with Crippen molar-refractivity contribution in [1.82, 2.24) is 5.32 Å². The van der Waals surface area contributed by atoms with E-state index >= 15 is 0 Å². The molecule has 3 nitrogen and oxygen atoms in total. The Morgan fingerprint density at radius 2 is 2.00 bits per heavy atom. The second kappa shape index (κ2) is 4.77. The van der Waals surface area contributed by atoms with Crippen molar-refractivity contribution in [2.24, 2.45) is 0 Å². The molecule has 0 heterocycles. The molecule has 0 radical (unpaired) electrons. The minimum atomic E-state index is -0.845. The summed E-state index contributed by atoms with van der Waals surface area (Å²) >= 11 is 0. The van der Waals surface area contributed by atoms with Gasteiger partial charge in [-0.25, -0.2) is 4.79 Å². The molecule has 0 aromatic carbocycles. The lowest BCUT2D eigenvalue weighted by Gasteiger charge is -2.07. The van der Waals surface area contributed by atoms with Crippen molar-refractivity contribution in [3.8, 4) is 0 Å². The Kier molecular flexibility index (Phi) is 4.34. The Hall–Kier alpha value is -0.990. The molecule has 0 fully saturated rings. The summed E-state index contributed by atoms with van der Waals surface area (Å²) in [5.41, 5.74) is 1.23. The highest BCUT2D eigenvalue weighted by molar-refractivity contribution is 5.86. The van der Waals surface area contributed by atoms with E-state index in [-0.39, 0.29) is 0 Å². The molecule has 0 atom stereocenters. The number of rotatable bonds is 4. The first-order chi connectivity index (χ1) is 5.13. The molecule has 0 spiro atoms. The first-order valence-electron chi connectivity index (χ1n) is 3.80. The Morgan fingerprint density at radius 3 is 2.27 bits per heavy atom. The summed E-state index contributed by atoms with van der Waals surface area (Å²) in [5, 5.41) is 11.6. The topological polar surface area (TPSA) is 49.3 Å². The van der Waals surface area contributed by atoms with E-state index in [0.717, 1.165) is 18.7 Å². The highest BCUT2D eigenvalue weighted by Crippen LogP contribution is 2.04. The highest BCUT2D eigenvalue weighted by Gasteiger charge is 2.05. The Balaban J connectivity index is 4.39. The fourth-order valence-corrected chi connectivity index (χ4v) is 0.865. The van der Waals surface area contributed by atoms with Crippen LogP contribution in [0.3, 0.4) is 0 Å². The van der Waals surface area contributed by atoms with Crippen molar-refractivity contribution >= 4 is 5.97 Å². The quantitative estimate of drug-likeness (QED) is 0.606. The average molecular weight is 157 g/mol. The summed E-state index contributed by atoms with van der Waals surface area (Å²) in [5.74, 6) is -0.845. The third kappa shape index (κ3) is 3.07. The van der Waals surface area contributed by atoms with Crippen LogP contribution in [-0.2, 0) is 4.79 Å². The maximum atomic E-state index is 10.5. The monoisotopic (exact) mass is 157 g/mol. The van der Waals surface area contributed by atoms with E-state index in [9.17, 15) is 4.79 Å². The zero-order valence-corrected chi connectivity index (χ0v) is 7.27. The summed E-state index contributed by atoms with van der Waals surface area (Å²) in [4.78, 5) is 10.5. The fraction of sp³-hybridized carbons (Fsp3) is 0.625. The van der Waals surface area contributed by atoms with Crippen LogP contribution in [-0.4, -0.2) is 17.6 Å². The van der Waals surface area contributed by atoms with Crippen molar-refractivity contribution in [2.75, 3.05) is 6.54 Å². The van der Waals surface area contributed by atoms with Crippen LogP contribution in [0.4, 0.5) is 0 Å². The van der Waals surface area contributed by atoms with Gasteiger partial charge in [-0.15, -0.1) is 0 Å². The molecule has 0 aliphatic carbocycles. The molecule has 0 aromatic rings. The van der Waals surface area contributed by atoms with Gasteiger partial charge < -0.3 is 10.4 Å². The van der Waals surface area contributed by atoms with Gasteiger partial charge in [0.15, 0.2) is 0 Å². The second-order valence-corrected chi connectivity index (χ2v) is 2.29. The van der Waals surface area contributed by atoms with Crippen molar-refractivity contribution in [3.63, 3.8) is 0 Å². The smallest absolute Gasteiger partial charge is 0.333 e. The summed E-state index contributed by atoms with van der Waals surface area (Å²) < 4.78 is 0. The number of hydrogen-bond acceptors (Lipinski definition) is 2. The molecule has 0 aliphatic rings. The van der Waals surface area contributed by atoms with E-state index in [4.69, 9.17) is 5.11 Å². The van der Waals surface area contributed by atoms with E-state index < -0.39 is 5.97 Å². The van der Waals surface area contributed by atoms with Crippen LogP contribution < -0.4 is 5.32 Å². The summed E-state index contributed by atoms with van der Waals surface area (Å²) in [6, 6.07) is 0. The summed E-state index contributed by atoms with van der Waals surface area (Å²) in [6.45, 7) is 6.27. The summed E-state index contributed by atoms with van der Waals surface area (Å²) in [6.07, 6.45) is 0.742. The molecule has 0 rings (SSSR count). The van der Waals surface area contributed by atoms with Crippen molar-refractivity contribution in [2.45, 2.75) is 27.2 Å². The molecule has 0 bridgehead atoms. The van der Waals surface area contributed by atoms with Crippen molar-refractivity contribution in [3.05, 3.63) is 11.3 Å². The zero-order valence-electron chi connectivity index (χ0n) is 7.27. The Bertz CT molecular complexity index is 173. The molecule has 11 heavy (non-hydrogen) atoms. The molecule has 0 saturated heterocycles. The van der Waals surface area contributed by atoms with Crippen LogP contribution >= 0.6 is 0 Å². The van der Waals surface area contributed by atoms with Crippen molar-refractivity contribution < 1.29 is 9.90 Å². The van der Waals surface area contributed by atoms with Crippen LogP contribution in [0.5, 0.6) is 0 Å². The number of carboxylic acids is 1. The van der Waals surface area contributed by atoms with Crippen molar-refractivity contribution in [1.29, 1.82) is 0 Å². The number of allylic oxidation sites excluding steroid dienone is 1. The van der Waals surface area contributed by atoms with E-state index in [1.54, 1.807) is 6.92 Å². The van der Waals surface area contributed by atoms with Crippen LogP contribution in [0.15, 0.2) is 11.3 Å². The molecular weight excluding hydrogens is 142 g/mol. The van der Waals surface area contributed by atoms with Gasteiger partial charge in [0.2, 0.25) is 0 Å². The number of carboxylic acid groups (broad SMARTS) is 1. The Morgan fingerprint density at radius 1 is 1.45 bits per heavy atom. The lowest BCUT2D eigenvalue weighted by Crippen LogP contribution is -2.16. The van der Waals surface area contributed by atoms with E-state index in [1.165, 1.54) is 0 Å². The predicted octanol–water partition coefficient (Wildman–Crippen LogP) is 1.36. The SMILES string of the molecule is CCN/C(CC)=C(\C)C(=O)O. The number of hydrogen-bond donors (Lipinski definition) is 2. The predicted molar refractivity (Wildman–Crippen MR) is 44.3 cm³/mol. The largest absolute Gasteiger partial charge is 0.478 e.